The molecule has 0 atom stereocenters. The Kier molecular flexibility index (Phi) is 5.68. The van der Waals surface area contributed by atoms with E-state index < -0.39 is 0 Å². The van der Waals surface area contributed by atoms with Crippen molar-refractivity contribution in [1.82, 2.24) is 4.98 Å². The van der Waals surface area contributed by atoms with Gasteiger partial charge < -0.3 is 9.47 Å². The van der Waals surface area contributed by atoms with E-state index in [-0.39, 0.29) is 0 Å². The zero-order valence-electron chi connectivity index (χ0n) is 16.2. The molecule has 0 unspecified atom stereocenters. The van der Waals surface area contributed by atoms with Crippen LogP contribution >= 0.6 is 11.3 Å². The second-order valence-corrected chi connectivity index (χ2v) is 7.28. The van der Waals surface area contributed by atoms with E-state index in [4.69, 9.17) is 14.5 Å². The summed E-state index contributed by atoms with van der Waals surface area (Å²) < 4.78 is 10.6. The topological polar surface area (TPSA) is 43.7 Å². The van der Waals surface area contributed by atoms with Gasteiger partial charge in [-0.3, -0.25) is 0 Å². The molecule has 29 heavy (non-hydrogen) atoms. The Labute approximate surface area is 174 Å². The lowest BCUT2D eigenvalue weighted by molar-refractivity contribution is 0.414. The first kappa shape index (κ1) is 18.9. The van der Waals surface area contributed by atoms with Gasteiger partial charge in [0, 0.05) is 11.8 Å². The first-order chi connectivity index (χ1) is 14.3. The molecule has 1 heterocycles. The van der Waals surface area contributed by atoms with Crippen LogP contribution in [-0.4, -0.2) is 25.4 Å². The van der Waals surface area contributed by atoms with Gasteiger partial charge in [-0.15, -0.1) is 0 Å². The predicted octanol–water partition coefficient (Wildman–Crippen LogP) is 6.24. The molecule has 0 saturated carbocycles. The first-order valence-corrected chi connectivity index (χ1v) is 9.97. The minimum Gasteiger partial charge on any atom is -0.497 e. The van der Waals surface area contributed by atoms with E-state index in [1.807, 2.05) is 72.9 Å². The third-order valence-electron chi connectivity index (χ3n) is 4.43. The molecule has 0 spiro atoms. The maximum Gasteiger partial charge on any atom is 0.210 e. The minimum atomic E-state index is 0.706. The molecule has 4 nitrogen and oxygen atoms in total. The van der Waals surface area contributed by atoms with Crippen molar-refractivity contribution in [2.24, 2.45) is 4.99 Å². The molecule has 1 aromatic heterocycles. The highest BCUT2D eigenvalue weighted by Gasteiger charge is 2.14. The van der Waals surface area contributed by atoms with Crippen LogP contribution in [-0.2, 0) is 0 Å². The molecule has 0 aliphatic carbocycles. The van der Waals surface area contributed by atoms with Gasteiger partial charge in [0.2, 0.25) is 5.13 Å². The van der Waals surface area contributed by atoms with Gasteiger partial charge in [-0.25, -0.2) is 9.98 Å². The van der Waals surface area contributed by atoms with Crippen LogP contribution in [0.3, 0.4) is 0 Å². The summed E-state index contributed by atoms with van der Waals surface area (Å²) in [4.78, 5) is 10.5. The van der Waals surface area contributed by atoms with E-state index in [0.717, 1.165) is 38.8 Å². The van der Waals surface area contributed by atoms with Gasteiger partial charge >= 0.3 is 0 Å². The summed E-state index contributed by atoms with van der Waals surface area (Å²) in [6.45, 7) is 0. The summed E-state index contributed by atoms with van der Waals surface area (Å²) in [6.07, 6.45) is 1.81. The van der Waals surface area contributed by atoms with Gasteiger partial charge in [-0.2, -0.15) is 0 Å². The van der Waals surface area contributed by atoms with E-state index in [9.17, 15) is 0 Å². The quantitative estimate of drug-likeness (QED) is 0.360. The van der Waals surface area contributed by atoms with Crippen molar-refractivity contribution in [1.29, 1.82) is 0 Å². The van der Waals surface area contributed by atoms with E-state index in [2.05, 4.69) is 17.1 Å². The number of thiazole rings is 1. The van der Waals surface area contributed by atoms with Crippen LogP contribution in [0.1, 0.15) is 5.56 Å². The van der Waals surface area contributed by atoms with Crippen LogP contribution in [0.4, 0.5) is 5.13 Å². The molecule has 0 aliphatic heterocycles. The number of rotatable bonds is 6. The van der Waals surface area contributed by atoms with E-state index >= 15 is 0 Å². The second kappa shape index (κ2) is 8.71. The monoisotopic (exact) mass is 400 g/mol. The lowest BCUT2D eigenvalue weighted by atomic mass is 10.1. The molecule has 3 aromatic carbocycles. The number of nitrogens with zero attached hydrogens (tertiary/aromatic N) is 2. The van der Waals surface area contributed by atoms with E-state index in [1.54, 1.807) is 25.6 Å². The third-order valence-corrected chi connectivity index (χ3v) is 5.45. The van der Waals surface area contributed by atoms with Crippen molar-refractivity contribution in [3.05, 3.63) is 84.4 Å². The van der Waals surface area contributed by atoms with E-state index in [0.29, 0.717) is 5.13 Å². The number of aromatic nitrogens is 1. The van der Waals surface area contributed by atoms with Crippen LogP contribution in [0.15, 0.2) is 83.9 Å². The number of hydrogen-bond donors (Lipinski definition) is 0. The number of benzene rings is 3. The number of ether oxygens (including phenoxy) is 2. The van der Waals surface area contributed by atoms with E-state index in [1.165, 1.54) is 0 Å². The molecule has 5 heteroatoms. The fraction of sp³-hybridized carbons (Fsp3) is 0.0833. The van der Waals surface area contributed by atoms with Crippen molar-refractivity contribution >= 4 is 22.7 Å². The summed E-state index contributed by atoms with van der Waals surface area (Å²) >= 11 is 1.58. The SMILES string of the molecule is COc1ccc(-c2nc(N=Cc3cccc(OC)c3)sc2-c2ccccc2)cc1. The normalized spacial score (nSPS) is 11.0. The molecule has 0 radical (unpaired) electrons. The van der Waals surface area contributed by atoms with Crippen LogP contribution in [0.2, 0.25) is 0 Å². The smallest absolute Gasteiger partial charge is 0.210 e. The maximum atomic E-state index is 5.28. The van der Waals surface area contributed by atoms with Crippen LogP contribution in [0, 0.1) is 0 Å². The highest BCUT2D eigenvalue weighted by Crippen LogP contribution is 2.40. The predicted molar refractivity (Wildman–Crippen MR) is 120 cm³/mol. The molecular weight excluding hydrogens is 380 g/mol. The van der Waals surface area contributed by atoms with Crippen LogP contribution in [0.25, 0.3) is 21.7 Å². The van der Waals surface area contributed by atoms with Crippen molar-refractivity contribution in [2.45, 2.75) is 0 Å². The number of aliphatic imine (C=N–C) groups is 1. The lowest BCUT2D eigenvalue weighted by Crippen LogP contribution is -1.85. The van der Waals surface area contributed by atoms with Crippen LogP contribution < -0.4 is 9.47 Å². The molecule has 0 aliphatic rings. The lowest BCUT2D eigenvalue weighted by Gasteiger charge is -2.04. The zero-order chi connectivity index (χ0) is 20.1. The molecular formula is C24H20N2O2S. The standard InChI is InChI=1S/C24H20N2O2S/c1-27-20-13-11-18(12-14-20)22-23(19-8-4-3-5-9-19)29-24(26-22)25-16-17-7-6-10-21(15-17)28-2/h3-16H,1-2H3. The molecule has 144 valence electrons. The van der Waals surface area contributed by atoms with Gasteiger partial charge in [0.25, 0.3) is 0 Å². The largest absolute Gasteiger partial charge is 0.497 e. The van der Waals surface area contributed by atoms with Crippen molar-refractivity contribution in [2.75, 3.05) is 14.2 Å². The summed E-state index contributed by atoms with van der Waals surface area (Å²) in [5, 5.41) is 0.706. The Bertz CT molecular complexity index is 1120. The average molecular weight is 401 g/mol. The van der Waals surface area contributed by atoms with Crippen molar-refractivity contribution in [3.8, 4) is 33.2 Å². The highest BCUT2D eigenvalue weighted by molar-refractivity contribution is 7.19. The fourth-order valence-corrected chi connectivity index (χ4v) is 3.88. The Morgan fingerprint density at radius 2 is 1.55 bits per heavy atom. The molecule has 4 rings (SSSR count). The van der Waals surface area contributed by atoms with Crippen molar-refractivity contribution in [3.63, 3.8) is 0 Å². The van der Waals surface area contributed by atoms with Gasteiger partial charge in [0.15, 0.2) is 0 Å². The Morgan fingerprint density at radius 1 is 0.793 bits per heavy atom. The molecule has 0 saturated heterocycles. The average Bonchev–Trinajstić information content (AvgIpc) is 3.23. The van der Waals surface area contributed by atoms with Gasteiger partial charge in [0.1, 0.15) is 11.5 Å². The van der Waals surface area contributed by atoms with Crippen LogP contribution in [0.5, 0.6) is 11.5 Å². The summed E-state index contributed by atoms with van der Waals surface area (Å²) in [7, 11) is 3.32. The summed E-state index contributed by atoms with van der Waals surface area (Å²) in [5.74, 6) is 1.62. The van der Waals surface area contributed by atoms with Gasteiger partial charge in [0.05, 0.1) is 24.8 Å². The fourth-order valence-electron chi connectivity index (χ4n) is 2.95. The molecule has 0 N–H and O–H groups in total. The van der Waals surface area contributed by atoms with Crippen molar-refractivity contribution < 1.29 is 9.47 Å². The number of hydrogen-bond acceptors (Lipinski definition) is 5. The minimum absolute atomic E-state index is 0.706. The second-order valence-electron chi connectivity index (χ2n) is 6.30. The summed E-state index contributed by atoms with van der Waals surface area (Å²) in [6, 6.07) is 26.0. The first-order valence-electron chi connectivity index (χ1n) is 9.15. The Morgan fingerprint density at radius 3 is 2.28 bits per heavy atom. The summed E-state index contributed by atoms with van der Waals surface area (Å²) in [5.41, 5.74) is 4.04. The third kappa shape index (κ3) is 4.36. The van der Waals surface area contributed by atoms with Gasteiger partial charge in [-0.05, 0) is 47.5 Å². The maximum absolute atomic E-state index is 5.28. The van der Waals surface area contributed by atoms with Gasteiger partial charge in [-0.1, -0.05) is 53.8 Å². The number of methoxy groups -OCH3 is 2. The molecule has 0 amide bonds. The molecule has 0 bridgehead atoms. The Hall–Kier alpha value is -3.44. The molecule has 4 aromatic rings. The Balaban J connectivity index is 1.73. The zero-order valence-corrected chi connectivity index (χ0v) is 17.0. The molecule has 0 fully saturated rings. The highest BCUT2D eigenvalue weighted by atomic mass is 32.1.